The normalized spacial score (nSPS) is 19.6. The van der Waals surface area contributed by atoms with E-state index in [2.05, 4.69) is 19.9 Å². The molecule has 3 aromatic rings. The predicted octanol–water partition coefficient (Wildman–Crippen LogP) is 2.09. The Morgan fingerprint density at radius 2 is 1.97 bits per heavy atom. The van der Waals surface area contributed by atoms with Crippen LogP contribution >= 0.6 is 11.3 Å². The fourth-order valence-corrected chi connectivity index (χ4v) is 5.38. The topological polar surface area (TPSA) is 102 Å². The van der Waals surface area contributed by atoms with Crippen molar-refractivity contribution in [2.75, 3.05) is 39.4 Å². The second kappa shape index (κ2) is 7.77. The highest BCUT2D eigenvalue weighted by molar-refractivity contribution is 7.20. The van der Waals surface area contributed by atoms with Gasteiger partial charge >= 0.3 is 0 Å². The molecule has 5 rings (SSSR count). The first-order chi connectivity index (χ1) is 14.6. The van der Waals surface area contributed by atoms with Gasteiger partial charge in [0.1, 0.15) is 10.5 Å². The van der Waals surface area contributed by atoms with Crippen LogP contribution in [0.2, 0.25) is 0 Å². The number of morpholine rings is 1. The molecule has 2 aliphatic heterocycles. The van der Waals surface area contributed by atoms with Crippen molar-refractivity contribution >= 4 is 33.4 Å². The summed E-state index contributed by atoms with van der Waals surface area (Å²) in [4.78, 5) is 35.8. The van der Waals surface area contributed by atoms with Gasteiger partial charge in [0, 0.05) is 43.7 Å². The van der Waals surface area contributed by atoms with Crippen molar-refractivity contribution in [2.24, 2.45) is 0 Å². The summed E-state index contributed by atoms with van der Waals surface area (Å²) in [5.74, 6) is -0.0976. The van der Waals surface area contributed by atoms with Crippen LogP contribution in [-0.2, 0) is 4.74 Å². The van der Waals surface area contributed by atoms with Crippen molar-refractivity contribution < 1.29 is 19.0 Å². The largest absolute Gasteiger partial charge is 0.378 e. The minimum absolute atomic E-state index is 0.0256. The molecule has 0 aromatic carbocycles. The third kappa shape index (κ3) is 3.25. The van der Waals surface area contributed by atoms with Gasteiger partial charge in [0.05, 0.1) is 18.1 Å². The zero-order valence-corrected chi connectivity index (χ0v) is 17.4. The lowest BCUT2D eigenvalue weighted by atomic mass is 9.95. The standard InChI is InChI=1S/C20H21N5O4S/c1-12-16(23-29-22-12)19(26)25-6-4-13(11-25)15-14-3-2-5-21-18(14)30-17(15)20(27)24-7-9-28-10-8-24/h2-3,5,13H,4,6-11H2,1H3. The summed E-state index contributed by atoms with van der Waals surface area (Å²) in [6.45, 7) is 5.12. The van der Waals surface area contributed by atoms with Gasteiger partial charge in [0.15, 0.2) is 5.69 Å². The second-order valence-corrected chi connectivity index (χ2v) is 8.54. The highest BCUT2D eigenvalue weighted by Gasteiger charge is 2.35. The van der Waals surface area contributed by atoms with Crippen LogP contribution in [0, 0.1) is 6.92 Å². The minimum Gasteiger partial charge on any atom is -0.378 e. The summed E-state index contributed by atoms with van der Waals surface area (Å²) in [5.41, 5.74) is 1.74. The molecular weight excluding hydrogens is 406 g/mol. The first-order valence-corrected chi connectivity index (χ1v) is 10.8. The van der Waals surface area contributed by atoms with E-state index in [1.807, 2.05) is 17.0 Å². The van der Waals surface area contributed by atoms with Crippen LogP contribution in [0.3, 0.4) is 0 Å². The Morgan fingerprint density at radius 1 is 1.13 bits per heavy atom. The zero-order chi connectivity index (χ0) is 20.7. The molecule has 2 aliphatic rings. The van der Waals surface area contributed by atoms with Gasteiger partial charge in [-0.1, -0.05) is 11.2 Å². The quantitative estimate of drug-likeness (QED) is 0.631. The van der Waals surface area contributed by atoms with Gasteiger partial charge in [-0.2, -0.15) is 0 Å². The molecule has 0 N–H and O–H groups in total. The average Bonchev–Trinajstić information content (AvgIpc) is 3.51. The molecule has 30 heavy (non-hydrogen) atoms. The molecule has 5 heterocycles. The van der Waals surface area contributed by atoms with Gasteiger partial charge < -0.3 is 14.5 Å². The van der Waals surface area contributed by atoms with Crippen molar-refractivity contribution in [3.8, 4) is 0 Å². The van der Waals surface area contributed by atoms with Crippen LogP contribution in [0.25, 0.3) is 10.2 Å². The summed E-state index contributed by atoms with van der Waals surface area (Å²) in [6.07, 6.45) is 2.52. The van der Waals surface area contributed by atoms with E-state index < -0.39 is 0 Å². The van der Waals surface area contributed by atoms with E-state index >= 15 is 0 Å². The Bertz CT molecular complexity index is 1100. The van der Waals surface area contributed by atoms with E-state index in [4.69, 9.17) is 4.74 Å². The third-order valence-electron chi connectivity index (χ3n) is 5.74. The fraction of sp³-hybridized carbons (Fsp3) is 0.450. The Labute approximate surface area is 176 Å². The van der Waals surface area contributed by atoms with Gasteiger partial charge in [-0.3, -0.25) is 9.59 Å². The number of hydrogen-bond donors (Lipinski definition) is 0. The number of ether oxygens (including phenoxy) is 1. The minimum atomic E-state index is -0.185. The van der Waals surface area contributed by atoms with Gasteiger partial charge in [-0.15, -0.1) is 11.3 Å². The number of thiophene rings is 1. The molecular formula is C20H21N5O4S. The molecule has 0 radical (unpaired) electrons. The molecule has 9 nitrogen and oxygen atoms in total. The van der Waals surface area contributed by atoms with Gasteiger partial charge in [-0.25, -0.2) is 9.61 Å². The maximum atomic E-state index is 13.3. The van der Waals surface area contributed by atoms with E-state index in [9.17, 15) is 9.59 Å². The number of carbonyl (C=O) groups is 2. The lowest BCUT2D eigenvalue weighted by Crippen LogP contribution is -2.40. The summed E-state index contributed by atoms with van der Waals surface area (Å²) in [5, 5.41) is 8.45. The highest BCUT2D eigenvalue weighted by atomic mass is 32.1. The maximum Gasteiger partial charge on any atom is 0.278 e. The monoisotopic (exact) mass is 427 g/mol. The molecule has 0 bridgehead atoms. The van der Waals surface area contributed by atoms with Crippen LogP contribution in [0.1, 0.15) is 43.8 Å². The number of aryl methyl sites for hydroxylation is 1. The molecule has 0 saturated carbocycles. The molecule has 2 fully saturated rings. The van der Waals surface area contributed by atoms with Gasteiger partial charge in [0.2, 0.25) is 0 Å². The number of likely N-dealkylation sites (tertiary alicyclic amines) is 1. The molecule has 0 spiro atoms. The van der Waals surface area contributed by atoms with Crippen LogP contribution < -0.4 is 0 Å². The van der Waals surface area contributed by atoms with Crippen molar-refractivity contribution in [2.45, 2.75) is 19.3 Å². The van der Waals surface area contributed by atoms with E-state index in [-0.39, 0.29) is 23.4 Å². The fourth-order valence-electron chi connectivity index (χ4n) is 4.18. The number of amides is 2. The smallest absolute Gasteiger partial charge is 0.278 e. The molecule has 2 saturated heterocycles. The summed E-state index contributed by atoms with van der Waals surface area (Å²) in [6, 6.07) is 3.91. The lowest BCUT2D eigenvalue weighted by molar-refractivity contribution is 0.0305. The molecule has 1 unspecified atom stereocenters. The number of aromatic nitrogens is 3. The number of carbonyl (C=O) groups excluding carboxylic acids is 2. The molecule has 156 valence electrons. The highest BCUT2D eigenvalue weighted by Crippen LogP contribution is 2.40. The van der Waals surface area contributed by atoms with Gasteiger partial charge in [0.25, 0.3) is 11.8 Å². The van der Waals surface area contributed by atoms with E-state index in [0.29, 0.717) is 45.1 Å². The third-order valence-corrected chi connectivity index (χ3v) is 6.85. The molecule has 1 atom stereocenters. The number of hydrogen-bond acceptors (Lipinski definition) is 8. The van der Waals surface area contributed by atoms with E-state index in [1.54, 1.807) is 18.0 Å². The van der Waals surface area contributed by atoms with E-state index in [0.717, 1.165) is 27.1 Å². The Balaban J connectivity index is 1.47. The van der Waals surface area contributed by atoms with E-state index in [1.165, 1.54) is 11.3 Å². The predicted molar refractivity (Wildman–Crippen MR) is 109 cm³/mol. The van der Waals surface area contributed by atoms with Crippen molar-refractivity contribution in [1.82, 2.24) is 25.1 Å². The number of fused-ring (bicyclic) bond motifs is 1. The summed E-state index contributed by atoms with van der Waals surface area (Å²) in [7, 11) is 0. The van der Waals surface area contributed by atoms with Crippen molar-refractivity contribution in [1.29, 1.82) is 0 Å². The number of pyridine rings is 1. The maximum absolute atomic E-state index is 13.3. The Hall–Kier alpha value is -2.85. The second-order valence-electron chi connectivity index (χ2n) is 7.54. The zero-order valence-electron chi connectivity index (χ0n) is 16.5. The van der Waals surface area contributed by atoms with Gasteiger partial charge in [-0.05, 0) is 30.1 Å². The first-order valence-electron chi connectivity index (χ1n) is 9.96. The molecule has 2 amide bonds. The van der Waals surface area contributed by atoms with Crippen LogP contribution in [0.15, 0.2) is 23.0 Å². The SMILES string of the molecule is Cc1nonc1C(=O)N1CCC(c2c(C(=O)N3CCOCC3)sc3ncccc23)C1. The van der Waals surface area contributed by atoms with Crippen molar-refractivity contribution in [3.05, 3.63) is 40.2 Å². The average molecular weight is 427 g/mol. The van der Waals surface area contributed by atoms with Crippen LogP contribution in [0.5, 0.6) is 0 Å². The Morgan fingerprint density at radius 3 is 2.73 bits per heavy atom. The van der Waals surface area contributed by atoms with Crippen LogP contribution in [0.4, 0.5) is 0 Å². The first kappa shape index (κ1) is 19.1. The lowest BCUT2D eigenvalue weighted by Gasteiger charge is -2.27. The molecule has 0 aliphatic carbocycles. The molecule has 3 aromatic heterocycles. The summed E-state index contributed by atoms with van der Waals surface area (Å²) < 4.78 is 10.1. The number of nitrogens with zero attached hydrogens (tertiary/aromatic N) is 5. The van der Waals surface area contributed by atoms with Crippen LogP contribution in [-0.4, -0.2) is 76.3 Å². The Kier molecular flexibility index (Phi) is 4.95. The summed E-state index contributed by atoms with van der Waals surface area (Å²) >= 11 is 1.44. The van der Waals surface area contributed by atoms with Crippen molar-refractivity contribution in [3.63, 3.8) is 0 Å². The number of rotatable bonds is 3. The molecule has 10 heteroatoms.